The number of methoxy groups -OCH3 is 2. The molecule has 0 atom stereocenters. The van der Waals surface area contributed by atoms with Crippen LogP contribution < -0.4 is 15.5 Å². The number of ether oxygens (including phenoxy) is 2. The molecule has 2 aromatic carbocycles. The number of esters is 2. The lowest BCUT2D eigenvalue weighted by Gasteiger charge is -2.35. The Labute approximate surface area is 268 Å². The quantitative estimate of drug-likeness (QED) is 0.172. The molecule has 0 spiro atoms. The summed E-state index contributed by atoms with van der Waals surface area (Å²) in [6.45, 7) is 3.16. The molecule has 19 heteroatoms. The number of carbonyl (C=O) groups is 2. The van der Waals surface area contributed by atoms with Gasteiger partial charge in [-0.3, -0.25) is 10.1 Å². The monoisotopic (exact) mass is 688 g/mol. The number of aliphatic hydroxyl groups excluding tert-OH is 1. The molecule has 2 fully saturated rings. The van der Waals surface area contributed by atoms with E-state index < -0.39 is 36.9 Å². The number of nitro groups is 1. The lowest BCUT2D eigenvalue weighted by atomic mass is 10.1. The van der Waals surface area contributed by atoms with Gasteiger partial charge in [-0.1, -0.05) is 0 Å². The topological polar surface area (TPSA) is 223 Å². The second kappa shape index (κ2) is 16.5. The van der Waals surface area contributed by atoms with Crippen LogP contribution in [0.3, 0.4) is 0 Å². The third-order valence-corrected chi connectivity index (χ3v) is 9.73. The van der Waals surface area contributed by atoms with E-state index in [0.29, 0.717) is 61.9 Å². The average molecular weight is 689 g/mol. The smallest absolute Gasteiger partial charge is 0.340 e. The fourth-order valence-electron chi connectivity index (χ4n) is 4.81. The van der Waals surface area contributed by atoms with Crippen LogP contribution in [-0.2, 0) is 29.5 Å². The first-order valence-electron chi connectivity index (χ1n) is 13.8. The average Bonchev–Trinajstić information content (AvgIpc) is 3.04. The van der Waals surface area contributed by atoms with Crippen molar-refractivity contribution in [3.05, 3.63) is 57.6 Å². The van der Waals surface area contributed by atoms with Crippen molar-refractivity contribution in [1.82, 2.24) is 8.61 Å². The van der Waals surface area contributed by atoms with Crippen LogP contribution in [0.15, 0.2) is 36.4 Å². The van der Waals surface area contributed by atoms with Gasteiger partial charge in [-0.25, -0.2) is 26.4 Å². The summed E-state index contributed by atoms with van der Waals surface area (Å²) in [5, 5.41) is 17.9. The van der Waals surface area contributed by atoms with Gasteiger partial charge in [0.2, 0.25) is 20.0 Å². The summed E-state index contributed by atoms with van der Waals surface area (Å²) in [7, 11) is -2.91. The fourth-order valence-corrected chi connectivity index (χ4v) is 6.46. The molecule has 3 N–H and O–H groups in total. The van der Waals surface area contributed by atoms with Gasteiger partial charge in [-0.2, -0.15) is 8.61 Å². The van der Waals surface area contributed by atoms with Crippen molar-refractivity contribution in [3.63, 3.8) is 0 Å². The van der Waals surface area contributed by atoms with E-state index in [1.807, 2.05) is 9.80 Å². The number of non-ortho nitro benzene ring substituents is 1. The summed E-state index contributed by atoms with van der Waals surface area (Å²) in [6.07, 6.45) is 2.35. The molecule has 2 aromatic rings. The minimum atomic E-state index is -3.25. The van der Waals surface area contributed by atoms with Gasteiger partial charge >= 0.3 is 11.9 Å². The number of aliphatic hydroxyl groups is 1. The van der Waals surface area contributed by atoms with Crippen LogP contribution in [0.5, 0.6) is 0 Å². The van der Waals surface area contributed by atoms with Crippen LogP contribution in [0.25, 0.3) is 0 Å². The number of piperazine rings is 2. The Balaban J connectivity index is 0.000000305. The van der Waals surface area contributed by atoms with Crippen LogP contribution in [0.2, 0.25) is 0 Å². The number of carbonyl (C=O) groups excluding carboxylic acids is 2. The maximum atomic E-state index is 11.9. The lowest BCUT2D eigenvalue weighted by molar-refractivity contribution is -0.384. The van der Waals surface area contributed by atoms with Crippen LogP contribution in [-0.4, -0.2) is 134 Å². The number of hydrogen-bond donors (Lipinski definition) is 2. The fraction of sp³-hybridized carbons (Fsp3) is 0.481. The minimum absolute atomic E-state index is 0.0921. The number of rotatable bonds is 7. The molecular formula is C27H40N6O11S2. The highest BCUT2D eigenvalue weighted by Gasteiger charge is 2.28. The van der Waals surface area contributed by atoms with Gasteiger partial charge < -0.3 is 30.1 Å². The zero-order valence-corrected chi connectivity index (χ0v) is 27.9. The third kappa shape index (κ3) is 9.98. The molecule has 2 aliphatic rings. The molecule has 0 saturated carbocycles. The Morgan fingerprint density at radius 1 is 0.739 bits per heavy atom. The van der Waals surface area contributed by atoms with E-state index in [9.17, 15) is 36.5 Å². The molecule has 46 heavy (non-hydrogen) atoms. The summed E-state index contributed by atoms with van der Waals surface area (Å²) in [6, 6.07) is 9.02. The first-order valence-corrected chi connectivity index (χ1v) is 17.5. The number of sulfonamides is 2. The summed E-state index contributed by atoms with van der Waals surface area (Å²) >= 11 is 0. The van der Waals surface area contributed by atoms with Crippen molar-refractivity contribution in [1.29, 1.82) is 0 Å². The molecule has 256 valence electrons. The summed E-state index contributed by atoms with van der Waals surface area (Å²) in [5.74, 6) is -1.13. The van der Waals surface area contributed by atoms with Crippen LogP contribution in [0.4, 0.5) is 22.7 Å². The zero-order chi connectivity index (χ0) is 34.8. The van der Waals surface area contributed by atoms with E-state index in [4.69, 9.17) is 15.6 Å². The van der Waals surface area contributed by atoms with E-state index >= 15 is 0 Å². The van der Waals surface area contributed by atoms with Gasteiger partial charge in [-0.05, 0) is 24.3 Å². The van der Waals surface area contributed by atoms with Gasteiger partial charge in [0.25, 0.3) is 5.69 Å². The molecule has 0 amide bonds. The molecule has 4 rings (SSSR count). The Morgan fingerprint density at radius 3 is 1.46 bits per heavy atom. The van der Waals surface area contributed by atoms with E-state index in [1.165, 1.54) is 47.3 Å². The van der Waals surface area contributed by atoms with Crippen LogP contribution in [0.1, 0.15) is 20.7 Å². The Kier molecular flexibility index (Phi) is 13.7. The predicted octanol–water partition coefficient (Wildman–Crippen LogP) is 0.209. The molecule has 2 heterocycles. The van der Waals surface area contributed by atoms with E-state index in [-0.39, 0.29) is 24.3 Å². The molecule has 2 saturated heterocycles. The number of nitrogens with two attached hydrogens (primary N) is 1. The van der Waals surface area contributed by atoms with Crippen molar-refractivity contribution in [2.75, 3.05) is 102 Å². The highest BCUT2D eigenvalue weighted by atomic mass is 32.2. The van der Waals surface area contributed by atoms with Gasteiger partial charge in [0.05, 0.1) is 54.2 Å². The van der Waals surface area contributed by atoms with Crippen molar-refractivity contribution in [2.45, 2.75) is 0 Å². The number of anilines is 3. The summed E-state index contributed by atoms with van der Waals surface area (Å²) in [5.41, 5.74) is 7.68. The zero-order valence-electron chi connectivity index (χ0n) is 26.3. The predicted molar refractivity (Wildman–Crippen MR) is 172 cm³/mol. The highest BCUT2D eigenvalue weighted by Crippen LogP contribution is 2.28. The number of nitro benzene ring substituents is 1. The maximum absolute atomic E-state index is 11.9. The third-order valence-electron chi connectivity index (χ3n) is 7.12. The molecule has 0 aliphatic carbocycles. The van der Waals surface area contributed by atoms with Gasteiger partial charge in [-0.15, -0.1) is 0 Å². The molecule has 17 nitrogen and oxygen atoms in total. The first-order chi connectivity index (χ1) is 21.6. The number of benzene rings is 2. The molecule has 2 aliphatic heterocycles. The molecule has 0 bridgehead atoms. The number of nitrogen functional groups attached to an aromatic ring is 1. The van der Waals surface area contributed by atoms with E-state index in [1.54, 1.807) is 18.2 Å². The van der Waals surface area contributed by atoms with E-state index in [2.05, 4.69) is 4.74 Å². The largest absolute Gasteiger partial charge is 0.465 e. The maximum Gasteiger partial charge on any atom is 0.340 e. The molecule has 0 radical (unpaired) electrons. The van der Waals surface area contributed by atoms with Crippen molar-refractivity contribution in [2.24, 2.45) is 0 Å². The van der Waals surface area contributed by atoms with Crippen LogP contribution in [0, 0.1) is 10.1 Å². The normalized spacial score (nSPS) is 15.9. The van der Waals surface area contributed by atoms with E-state index in [0.717, 1.165) is 13.4 Å². The summed E-state index contributed by atoms with van der Waals surface area (Å²) in [4.78, 5) is 37.8. The SMILES string of the molecule is CO.COC(=O)c1cc(N)ccc1N1CCN(S(C)(=O)=O)CC1.COC(=O)c1cc([N+](=O)[O-])ccc1N1CCN(S(C)(=O)=O)CC1. The number of hydrogen-bond acceptors (Lipinski definition) is 14. The Morgan fingerprint density at radius 2 is 1.11 bits per heavy atom. The van der Waals surface area contributed by atoms with Gasteiger partial charge in [0, 0.05) is 77.3 Å². The van der Waals surface area contributed by atoms with Crippen molar-refractivity contribution < 1.29 is 45.9 Å². The second-order valence-corrected chi connectivity index (χ2v) is 14.0. The first kappa shape index (κ1) is 38.1. The lowest BCUT2D eigenvalue weighted by Crippen LogP contribution is -2.48. The van der Waals surface area contributed by atoms with Crippen molar-refractivity contribution >= 4 is 54.7 Å². The highest BCUT2D eigenvalue weighted by molar-refractivity contribution is 7.88. The van der Waals surface area contributed by atoms with Gasteiger partial charge in [0.15, 0.2) is 0 Å². The minimum Gasteiger partial charge on any atom is -0.465 e. The summed E-state index contributed by atoms with van der Waals surface area (Å²) < 4.78 is 58.3. The number of nitrogens with zero attached hydrogens (tertiary/aromatic N) is 5. The molecule has 0 unspecified atom stereocenters. The van der Waals surface area contributed by atoms with Gasteiger partial charge in [0.1, 0.15) is 0 Å². The van der Waals surface area contributed by atoms with Crippen molar-refractivity contribution in [3.8, 4) is 0 Å². The Bertz CT molecular complexity index is 1600. The Hall–Kier alpha value is -4.04. The second-order valence-electron chi connectivity index (χ2n) is 10.0. The molecule has 0 aromatic heterocycles. The standard InChI is InChI=1S/C13H17N3O6S.C13H19N3O4S.CH4O/c1-22-13(17)11-9-10(16(18)19)3-4-12(11)14-5-7-15(8-6-14)23(2,20)21;1-20-13(17)11-9-10(14)3-4-12(11)15-5-7-16(8-6-15)21(2,18)19;1-2/h3-4,9H,5-8H2,1-2H3;3-4,9H,5-8,14H2,1-2H3;2H,1H3. The molecular weight excluding hydrogens is 648 g/mol. The van der Waals surface area contributed by atoms with Crippen LogP contribution >= 0.6 is 0 Å².